The molecule has 0 unspecified atom stereocenters. The number of nitrogens with zero attached hydrogens (tertiary/aromatic N) is 1. The maximum atomic E-state index is 3.45. The lowest BCUT2D eigenvalue weighted by Gasteiger charge is -2.28. The van der Waals surface area contributed by atoms with Crippen molar-refractivity contribution in [3.8, 4) is 0 Å². The topological polar surface area (TPSA) is 15.3 Å². The lowest BCUT2D eigenvalue weighted by atomic mass is 10.1. The molecule has 114 valence electrons. The van der Waals surface area contributed by atoms with E-state index in [1.165, 1.54) is 22.5 Å². The van der Waals surface area contributed by atoms with Crippen LogP contribution >= 0.6 is 11.3 Å². The molecule has 0 aliphatic carbocycles. The van der Waals surface area contributed by atoms with Gasteiger partial charge in [0.25, 0.3) is 0 Å². The maximum absolute atomic E-state index is 3.45. The fourth-order valence-corrected chi connectivity index (χ4v) is 3.06. The Balaban J connectivity index is 2.03. The molecule has 0 aliphatic rings. The predicted molar refractivity (Wildman–Crippen MR) is 94.1 cm³/mol. The minimum atomic E-state index is 0.496. The van der Waals surface area contributed by atoms with E-state index in [9.17, 15) is 0 Å². The molecule has 2 aromatic rings. The first kappa shape index (κ1) is 16.1. The molecule has 0 saturated heterocycles. The SMILES string of the molecule is CCCNCc1ccc(N(Cc2cccs2)C(C)C)cc1. The number of hydrogen-bond donors (Lipinski definition) is 1. The summed E-state index contributed by atoms with van der Waals surface area (Å²) in [6.07, 6.45) is 1.18. The van der Waals surface area contributed by atoms with Crippen LogP contribution in [0.5, 0.6) is 0 Å². The summed E-state index contributed by atoms with van der Waals surface area (Å²) in [6, 6.07) is 13.8. The number of hydrogen-bond acceptors (Lipinski definition) is 3. The van der Waals surface area contributed by atoms with E-state index in [1.807, 2.05) is 11.3 Å². The van der Waals surface area contributed by atoms with Crippen LogP contribution in [0.1, 0.15) is 37.6 Å². The van der Waals surface area contributed by atoms with Gasteiger partial charge >= 0.3 is 0 Å². The summed E-state index contributed by atoms with van der Waals surface area (Å²) in [5.41, 5.74) is 2.66. The van der Waals surface area contributed by atoms with Gasteiger partial charge in [-0.25, -0.2) is 0 Å². The van der Waals surface area contributed by atoms with Gasteiger partial charge in [-0.1, -0.05) is 25.1 Å². The van der Waals surface area contributed by atoms with Crippen molar-refractivity contribution in [1.82, 2.24) is 5.32 Å². The Kier molecular flexibility index (Phi) is 6.27. The molecule has 1 N–H and O–H groups in total. The number of thiophene rings is 1. The average molecular weight is 302 g/mol. The van der Waals surface area contributed by atoms with Crippen molar-refractivity contribution in [3.05, 3.63) is 52.2 Å². The zero-order chi connectivity index (χ0) is 15.1. The van der Waals surface area contributed by atoms with Crippen LogP contribution in [-0.4, -0.2) is 12.6 Å². The van der Waals surface area contributed by atoms with Crippen LogP contribution in [0.25, 0.3) is 0 Å². The second-order valence-corrected chi connectivity index (χ2v) is 6.68. The van der Waals surface area contributed by atoms with Crippen molar-refractivity contribution in [2.45, 2.75) is 46.3 Å². The third-order valence-corrected chi connectivity index (χ3v) is 4.41. The van der Waals surface area contributed by atoms with Crippen LogP contribution in [0, 0.1) is 0 Å². The van der Waals surface area contributed by atoms with Crippen molar-refractivity contribution >= 4 is 17.0 Å². The number of benzene rings is 1. The van der Waals surface area contributed by atoms with Crippen molar-refractivity contribution < 1.29 is 0 Å². The van der Waals surface area contributed by atoms with Crippen LogP contribution in [0.3, 0.4) is 0 Å². The molecule has 3 heteroatoms. The van der Waals surface area contributed by atoms with Gasteiger partial charge in [-0.3, -0.25) is 0 Å². The monoisotopic (exact) mass is 302 g/mol. The summed E-state index contributed by atoms with van der Waals surface area (Å²) in [5.74, 6) is 0. The van der Waals surface area contributed by atoms with Crippen LogP contribution < -0.4 is 10.2 Å². The third-order valence-electron chi connectivity index (χ3n) is 3.55. The van der Waals surface area contributed by atoms with E-state index < -0.39 is 0 Å². The summed E-state index contributed by atoms with van der Waals surface area (Å²) in [4.78, 5) is 3.87. The predicted octanol–water partition coefficient (Wildman–Crippen LogP) is 4.66. The lowest BCUT2D eigenvalue weighted by molar-refractivity contribution is 0.673. The van der Waals surface area contributed by atoms with Crippen LogP contribution in [0.4, 0.5) is 5.69 Å². The summed E-state index contributed by atoms with van der Waals surface area (Å²) < 4.78 is 0. The van der Waals surface area contributed by atoms with E-state index in [0.29, 0.717) is 6.04 Å². The summed E-state index contributed by atoms with van der Waals surface area (Å²) in [7, 11) is 0. The highest BCUT2D eigenvalue weighted by molar-refractivity contribution is 7.09. The van der Waals surface area contributed by atoms with E-state index in [4.69, 9.17) is 0 Å². The average Bonchev–Trinajstić information content (AvgIpc) is 2.99. The highest BCUT2D eigenvalue weighted by Crippen LogP contribution is 2.22. The van der Waals surface area contributed by atoms with Gasteiger partial charge in [0, 0.05) is 23.2 Å². The van der Waals surface area contributed by atoms with Crippen molar-refractivity contribution in [2.24, 2.45) is 0 Å². The molecule has 1 heterocycles. The summed E-state index contributed by atoms with van der Waals surface area (Å²) in [6.45, 7) is 9.73. The van der Waals surface area contributed by atoms with E-state index in [1.54, 1.807) is 0 Å². The molecule has 1 aromatic heterocycles. The first-order valence-electron chi connectivity index (χ1n) is 7.79. The van der Waals surface area contributed by atoms with Gasteiger partial charge in [-0.2, -0.15) is 0 Å². The molecule has 0 fully saturated rings. The van der Waals surface area contributed by atoms with Crippen LogP contribution in [0.2, 0.25) is 0 Å². The molecule has 2 rings (SSSR count). The minimum Gasteiger partial charge on any atom is -0.364 e. The second kappa shape index (κ2) is 8.20. The van der Waals surface area contributed by atoms with Gasteiger partial charge in [-0.05, 0) is 56.0 Å². The smallest absolute Gasteiger partial charge is 0.0525 e. The quantitative estimate of drug-likeness (QED) is 0.713. The lowest BCUT2D eigenvalue weighted by Crippen LogP contribution is -2.29. The first-order chi connectivity index (χ1) is 10.2. The normalized spacial score (nSPS) is 11.0. The molecular formula is C18H26N2S. The van der Waals surface area contributed by atoms with Gasteiger partial charge in [0.2, 0.25) is 0 Å². The van der Waals surface area contributed by atoms with Gasteiger partial charge in [-0.15, -0.1) is 11.3 Å². The van der Waals surface area contributed by atoms with E-state index in [-0.39, 0.29) is 0 Å². The van der Waals surface area contributed by atoms with Gasteiger partial charge in [0.05, 0.1) is 6.54 Å². The fourth-order valence-electron chi connectivity index (χ4n) is 2.36. The van der Waals surface area contributed by atoms with Crippen LogP contribution in [-0.2, 0) is 13.1 Å². The van der Waals surface area contributed by atoms with Crippen molar-refractivity contribution in [3.63, 3.8) is 0 Å². The Morgan fingerprint density at radius 3 is 2.48 bits per heavy atom. The number of rotatable bonds is 8. The van der Waals surface area contributed by atoms with Gasteiger partial charge in [0.1, 0.15) is 0 Å². The molecule has 0 aliphatic heterocycles. The van der Waals surface area contributed by atoms with Crippen molar-refractivity contribution in [2.75, 3.05) is 11.4 Å². The summed E-state index contributed by atoms with van der Waals surface area (Å²) in [5, 5.41) is 5.60. The number of nitrogens with one attached hydrogen (secondary N) is 1. The van der Waals surface area contributed by atoms with E-state index in [0.717, 1.165) is 19.6 Å². The van der Waals surface area contributed by atoms with E-state index in [2.05, 4.69) is 72.8 Å². The molecule has 0 radical (unpaired) electrons. The number of anilines is 1. The molecule has 0 saturated carbocycles. The summed E-state index contributed by atoms with van der Waals surface area (Å²) >= 11 is 1.83. The van der Waals surface area contributed by atoms with Crippen LogP contribution in [0.15, 0.2) is 41.8 Å². The van der Waals surface area contributed by atoms with Gasteiger partial charge in [0.15, 0.2) is 0 Å². The van der Waals surface area contributed by atoms with Crippen molar-refractivity contribution in [1.29, 1.82) is 0 Å². The Hall–Kier alpha value is -1.32. The Morgan fingerprint density at radius 1 is 1.14 bits per heavy atom. The largest absolute Gasteiger partial charge is 0.364 e. The molecule has 0 amide bonds. The minimum absolute atomic E-state index is 0.496. The molecule has 21 heavy (non-hydrogen) atoms. The molecule has 0 bridgehead atoms. The first-order valence-corrected chi connectivity index (χ1v) is 8.67. The molecule has 2 nitrogen and oxygen atoms in total. The second-order valence-electron chi connectivity index (χ2n) is 5.64. The molecule has 0 spiro atoms. The zero-order valence-corrected chi connectivity index (χ0v) is 14.1. The Morgan fingerprint density at radius 2 is 1.90 bits per heavy atom. The molecular weight excluding hydrogens is 276 g/mol. The standard InChI is InChI=1S/C18H26N2S/c1-4-11-19-13-16-7-9-17(10-8-16)20(15(2)3)14-18-6-5-12-21-18/h5-10,12,15,19H,4,11,13-14H2,1-3H3. The van der Waals surface area contributed by atoms with Gasteiger partial charge < -0.3 is 10.2 Å². The highest BCUT2D eigenvalue weighted by atomic mass is 32.1. The zero-order valence-electron chi connectivity index (χ0n) is 13.3. The Bertz CT molecular complexity index is 503. The Labute approximate surface area is 132 Å². The molecule has 1 aromatic carbocycles. The highest BCUT2D eigenvalue weighted by Gasteiger charge is 2.11. The fraction of sp³-hybridized carbons (Fsp3) is 0.444. The van der Waals surface area contributed by atoms with E-state index >= 15 is 0 Å². The third kappa shape index (κ3) is 4.87. The maximum Gasteiger partial charge on any atom is 0.0525 e. The molecule has 0 atom stereocenters.